The summed E-state index contributed by atoms with van der Waals surface area (Å²) in [5.41, 5.74) is 2.25. The van der Waals surface area contributed by atoms with Gasteiger partial charge in [-0.3, -0.25) is 0 Å². The summed E-state index contributed by atoms with van der Waals surface area (Å²) in [4.78, 5) is 0. The molecule has 0 radical (unpaired) electrons. The molecule has 0 spiro atoms. The molecule has 7 heteroatoms. The Morgan fingerprint density at radius 1 is 0.839 bits per heavy atom. The molecule has 0 amide bonds. The van der Waals surface area contributed by atoms with Gasteiger partial charge in [-0.1, -0.05) is 46.3 Å². The quantitative estimate of drug-likeness (QED) is 0.288. The number of alkyl halides is 1. The van der Waals surface area contributed by atoms with E-state index in [2.05, 4.69) is 15.9 Å². The van der Waals surface area contributed by atoms with Gasteiger partial charge in [0.2, 0.25) is 0 Å². The van der Waals surface area contributed by atoms with Gasteiger partial charge in [0.15, 0.2) is 23.0 Å². The van der Waals surface area contributed by atoms with E-state index >= 15 is 0 Å². The molecule has 0 heterocycles. The molecule has 6 nitrogen and oxygen atoms in total. The minimum absolute atomic E-state index is 0.0622. The molecular weight excluding hydrogens is 464 g/mol. The molecule has 3 aromatic rings. The largest absolute Gasteiger partial charge is 0.508 e. The maximum absolute atomic E-state index is 11.0. The molecule has 3 aromatic carbocycles. The van der Waals surface area contributed by atoms with Gasteiger partial charge in [-0.05, 0) is 41.5 Å². The van der Waals surface area contributed by atoms with E-state index in [1.54, 1.807) is 42.5 Å². The minimum atomic E-state index is -0.127. The van der Waals surface area contributed by atoms with Crippen LogP contribution in [0.1, 0.15) is 0 Å². The van der Waals surface area contributed by atoms with Gasteiger partial charge in [0, 0.05) is 10.9 Å². The SMILES string of the molecule is COc1cc(-c2ccc(O)cc2)c(OC)c(O)c1-c1ccc(OC/C=C/CBr)c(O)c1. The van der Waals surface area contributed by atoms with Crippen molar-refractivity contribution in [3.05, 3.63) is 60.7 Å². The lowest BCUT2D eigenvalue weighted by molar-refractivity contribution is 0.336. The smallest absolute Gasteiger partial charge is 0.170 e. The first-order valence-electron chi connectivity index (χ1n) is 9.44. The first-order valence-corrected chi connectivity index (χ1v) is 10.6. The monoisotopic (exact) mass is 486 g/mol. The van der Waals surface area contributed by atoms with Crippen LogP contribution in [0.25, 0.3) is 22.3 Å². The normalized spacial score (nSPS) is 10.9. The second-order valence-corrected chi connectivity index (χ2v) is 7.20. The van der Waals surface area contributed by atoms with Gasteiger partial charge in [0.1, 0.15) is 18.1 Å². The molecule has 3 rings (SSSR count). The van der Waals surface area contributed by atoms with Crippen LogP contribution in [0.3, 0.4) is 0 Å². The Kier molecular flexibility index (Phi) is 7.31. The van der Waals surface area contributed by atoms with E-state index in [1.807, 2.05) is 12.2 Å². The van der Waals surface area contributed by atoms with Crippen LogP contribution >= 0.6 is 15.9 Å². The fourth-order valence-corrected chi connectivity index (χ4v) is 3.46. The molecule has 0 bridgehead atoms. The third-order valence-corrected chi connectivity index (χ3v) is 5.03. The van der Waals surface area contributed by atoms with Gasteiger partial charge in [-0.25, -0.2) is 0 Å². The van der Waals surface area contributed by atoms with E-state index in [0.29, 0.717) is 34.8 Å². The number of aromatic hydroxyl groups is 3. The molecule has 0 fully saturated rings. The molecule has 31 heavy (non-hydrogen) atoms. The molecular formula is C24H23BrO6. The highest BCUT2D eigenvalue weighted by Gasteiger charge is 2.22. The van der Waals surface area contributed by atoms with Crippen LogP contribution in [0, 0.1) is 0 Å². The number of halogens is 1. The van der Waals surface area contributed by atoms with Crippen molar-refractivity contribution in [3.8, 4) is 56.8 Å². The molecule has 0 aromatic heterocycles. The summed E-state index contributed by atoms with van der Waals surface area (Å²) in [7, 11) is 2.96. The first kappa shape index (κ1) is 22.4. The fourth-order valence-electron chi connectivity index (χ4n) is 3.19. The lowest BCUT2D eigenvalue weighted by Crippen LogP contribution is -1.97. The van der Waals surface area contributed by atoms with Crippen LogP contribution in [0.15, 0.2) is 60.7 Å². The lowest BCUT2D eigenvalue weighted by Gasteiger charge is -2.18. The summed E-state index contributed by atoms with van der Waals surface area (Å²) in [6.45, 7) is 0.322. The Morgan fingerprint density at radius 2 is 1.55 bits per heavy atom. The summed E-state index contributed by atoms with van der Waals surface area (Å²) >= 11 is 3.29. The number of phenolic OH excluding ortho intramolecular Hbond substituents is 3. The summed E-state index contributed by atoms with van der Waals surface area (Å²) < 4.78 is 16.6. The second kappa shape index (κ2) is 10.1. The molecule has 0 atom stereocenters. The molecule has 0 saturated carbocycles. The standard InChI is InChI=1S/C24H23BrO6/c1-29-21-14-18(15-5-8-17(26)9-6-15)24(30-2)23(28)22(21)16-7-10-20(19(27)13-16)31-12-4-3-11-25/h3-10,13-14,26-28H,11-12H2,1-2H3/b4-3+. The van der Waals surface area contributed by atoms with Crippen LogP contribution in [0.2, 0.25) is 0 Å². The predicted octanol–water partition coefficient (Wildman–Crippen LogP) is 5.48. The second-order valence-electron chi connectivity index (χ2n) is 6.55. The zero-order valence-electron chi connectivity index (χ0n) is 17.1. The van der Waals surface area contributed by atoms with Crippen LogP contribution in [-0.4, -0.2) is 41.5 Å². The zero-order chi connectivity index (χ0) is 22.4. The molecule has 0 unspecified atom stereocenters. The number of allylic oxidation sites excluding steroid dienone is 1. The van der Waals surface area contributed by atoms with E-state index in [1.165, 1.54) is 20.3 Å². The average Bonchev–Trinajstić information content (AvgIpc) is 2.77. The van der Waals surface area contributed by atoms with Crippen LogP contribution in [0.5, 0.6) is 34.5 Å². The van der Waals surface area contributed by atoms with Crippen LogP contribution in [-0.2, 0) is 0 Å². The highest BCUT2D eigenvalue weighted by Crippen LogP contribution is 2.50. The maximum atomic E-state index is 11.0. The number of rotatable bonds is 8. The summed E-state index contributed by atoms with van der Waals surface area (Å²) in [5, 5.41) is 31.7. The van der Waals surface area contributed by atoms with Gasteiger partial charge < -0.3 is 29.5 Å². The number of benzene rings is 3. The van der Waals surface area contributed by atoms with Crippen LogP contribution < -0.4 is 14.2 Å². The minimum Gasteiger partial charge on any atom is -0.508 e. The average molecular weight is 487 g/mol. The number of methoxy groups -OCH3 is 2. The third-order valence-electron chi connectivity index (χ3n) is 4.66. The van der Waals surface area contributed by atoms with Crippen molar-refractivity contribution in [1.29, 1.82) is 0 Å². The van der Waals surface area contributed by atoms with Gasteiger partial charge in [-0.15, -0.1) is 0 Å². The maximum Gasteiger partial charge on any atom is 0.170 e. The predicted molar refractivity (Wildman–Crippen MR) is 124 cm³/mol. The van der Waals surface area contributed by atoms with Gasteiger partial charge in [0.25, 0.3) is 0 Å². The summed E-state index contributed by atoms with van der Waals surface area (Å²) in [6.07, 6.45) is 3.74. The summed E-state index contributed by atoms with van der Waals surface area (Å²) in [6, 6.07) is 13.1. The first-order chi connectivity index (χ1) is 15.0. The molecule has 162 valence electrons. The van der Waals surface area contributed by atoms with Crippen molar-refractivity contribution >= 4 is 15.9 Å². The van der Waals surface area contributed by atoms with Crippen molar-refractivity contribution in [2.45, 2.75) is 0 Å². The van der Waals surface area contributed by atoms with Gasteiger partial charge >= 0.3 is 0 Å². The fraction of sp³-hybridized carbons (Fsp3) is 0.167. The topological polar surface area (TPSA) is 88.4 Å². The van der Waals surface area contributed by atoms with Gasteiger partial charge in [-0.2, -0.15) is 0 Å². The Labute approximate surface area is 189 Å². The molecule has 0 aliphatic rings. The van der Waals surface area contributed by atoms with Crippen LogP contribution in [0.4, 0.5) is 0 Å². The van der Waals surface area contributed by atoms with E-state index < -0.39 is 0 Å². The van der Waals surface area contributed by atoms with E-state index in [9.17, 15) is 15.3 Å². The number of hydrogen-bond donors (Lipinski definition) is 3. The van der Waals surface area contributed by atoms with E-state index in [-0.39, 0.29) is 23.0 Å². The zero-order valence-corrected chi connectivity index (χ0v) is 18.7. The van der Waals surface area contributed by atoms with E-state index in [4.69, 9.17) is 14.2 Å². The third kappa shape index (κ3) is 4.88. The lowest BCUT2D eigenvalue weighted by atomic mass is 9.96. The highest BCUT2D eigenvalue weighted by atomic mass is 79.9. The Morgan fingerprint density at radius 3 is 2.16 bits per heavy atom. The Bertz CT molecular complexity index is 1080. The summed E-state index contributed by atoms with van der Waals surface area (Å²) in [5.74, 6) is 0.923. The van der Waals surface area contributed by atoms with Crippen molar-refractivity contribution in [3.63, 3.8) is 0 Å². The molecule has 0 aliphatic carbocycles. The van der Waals surface area contributed by atoms with Crippen molar-refractivity contribution < 1.29 is 29.5 Å². The Hall–Kier alpha value is -3.32. The molecule has 0 saturated heterocycles. The van der Waals surface area contributed by atoms with Crippen molar-refractivity contribution in [1.82, 2.24) is 0 Å². The molecule has 0 aliphatic heterocycles. The molecule has 3 N–H and O–H groups in total. The highest BCUT2D eigenvalue weighted by molar-refractivity contribution is 9.09. The Balaban J connectivity index is 2.06. The number of hydrogen-bond acceptors (Lipinski definition) is 6. The van der Waals surface area contributed by atoms with Crippen molar-refractivity contribution in [2.75, 3.05) is 26.2 Å². The number of phenols is 3. The number of ether oxygens (including phenoxy) is 3. The van der Waals surface area contributed by atoms with Crippen molar-refractivity contribution in [2.24, 2.45) is 0 Å². The van der Waals surface area contributed by atoms with E-state index in [0.717, 1.165) is 10.9 Å². The van der Waals surface area contributed by atoms with Gasteiger partial charge in [0.05, 0.1) is 19.8 Å².